The number of phosphoric ester groups is 2. The topological polar surface area (TPSA) is 370 Å². The molecule has 254 valence electrons. The lowest BCUT2D eigenvalue weighted by Gasteiger charge is -2.38. The summed E-state index contributed by atoms with van der Waals surface area (Å²) >= 11 is 0. The van der Waals surface area contributed by atoms with Crippen LogP contribution in [-0.4, -0.2) is 117 Å². The Bertz CT molecular complexity index is 1490. The van der Waals surface area contributed by atoms with Crippen molar-refractivity contribution in [3.63, 3.8) is 0 Å². The number of nitrogens with one attached hydrogen (secondary N) is 1. The standard InChI is InChI=1S/C15H25FN2O22P4/c16-8-5(3-19)36-14(12(24)10(8)22)37-42(28,29)39-44(32,33)40-43(30,31)38-41(26,27)34-4-6-9(21)11(23)13(35-6)18-2-1-7(20)17-15(18)25/h1-2,5-6,8-14,19,21-24H,3-4H2,(H,26,27)(H,28,29)(H,30,31)(H,32,33)(H,17,20,25)/t5-,6-,8-,9-,10+,11-,12-,13-,14-/m1/s1. The maximum Gasteiger partial charge on any atom is 0.490 e. The molecule has 0 saturated carbocycles. The zero-order valence-electron chi connectivity index (χ0n) is 21.2. The fraction of sp³-hybridized carbons (Fsp3) is 0.733. The first kappa shape index (κ1) is 37.3. The minimum absolute atomic E-state index is 0.633. The predicted molar refractivity (Wildman–Crippen MR) is 129 cm³/mol. The summed E-state index contributed by atoms with van der Waals surface area (Å²) in [7, 11) is -24.4. The smallest absolute Gasteiger partial charge is 0.394 e. The van der Waals surface area contributed by atoms with Gasteiger partial charge in [0.2, 0.25) is 0 Å². The van der Waals surface area contributed by atoms with Gasteiger partial charge in [-0.15, -0.1) is 0 Å². The number of alkyl halides is 1. The first-order valence-electron chi connectivity index (χ1n) is 11.4. The number of aliphatic hydroxyl groups excluding tert-OH is 5. The van der Waals surface area contributed by atoms with Gasteiger partial charge in [-0.1, -0.05) is 0 Å². The van der Waals surface area contributed by atoms with Crippen LogP contribution in [0.1, 0.15) is 6.23 Å². The van der Waals surface area contributed by atoms with Crippen molar-refractivity contribution in [2.75, 3.05) is 13.2 Å². The van der Waals surface area contributed by atoms with Crippen LogP contribution in [0, 0.1) is 0 Å². The van der Waals surface area contributed by atoms with Crippen LogP contribution in [-0.2, 0) is 49.7 Å². The number of rotatable bonds is 13. The molecular formula is C15H25FN2O22P4. The van der Waals surface area contributed by atoms with Gasteiger partial charge in [0.05, 0.1) is 13.2 Å². The second-order valence-corrected chi connectivity index (χ2v) is 14.9. The van der Waals surface area contributed by atoms with Gasteiger partial charge in [-0.2, -0.15) is 12.9 Å². The van der Waals surface area contributed by atoms with E-state index in [0.717, 1.165) is 12.3 Å². The van der Waals surface area contributed by atoms with Gasteiger partial charge in [0.15, 0.2) is 18.7 Å². The molecule has 2 saturated heterocycles. The number of hydrogen-bond donors (Lipinski definition) is 10. The molecule has 1 aromatic heterocycles. The molecule has 29 heteroatoms. The minimum atomic E-state index is -6.31. The molecule has 24 nitrogen and oxygen atoms in total. The number of aromatic nitrogens is 2. The molecule has 0 bridgehead atoms. The quantitative estimate of drug-likeness (QED) is 0.0878. The Morgan fingerprint density at radius 2 is 1.39 bits per heavy atom. The molecule has 2 aliphatic heterocycles. The highest BCUT2D eigenvalue weighted by Crippen LogP contribution is 2.71. The molecule has 3 heterocycles. The molecule has 2 aliphatic rings. The summed E-state index contributed by atoms with van der Waals surface area (Å²) in [5, 5.41) is 48.6. The molecule has 44 heavy (non-hydrogen) atoms. The third kappa shape index (κ3) is 9.47. The highest BCUT2D eigenvalue weighted by atomic mass is 31.3. The van der Waals surface area contributed by atoms with Crippen LogP contribution < -0.4 is 11.2 Å². The second-order valence-electron chi connectivity index (χ2n) is 8.74. The monoisotopic (exact) mass is 728 g/mol. The molecular weight excluding hydrogens is 703 g/mol. The van der Waals surface area contributed by atoms with Crippen molar-refractivity contribution in [3.8, 4) is 0 Å². The largest absolute Gasteiger partial charge is 0.490 e. The molecule has 0 aliphatic carbocycles. The lowest BCUT2D eigenvalue weighted by Crippen LogP contribution is -2.57. The summed E-state index contributed by atoms with van der Waals surface area (Å²) in [5.74, 6) is 0. The number of ether oxygens (including phenoxy) is 2. The molecule has 4 unspecified atom stereocenters. The predicted octanol–water partition coefficient (Wildman–Crippen LogP) is -3.58. The lowest BCUT2D eigenvalue weighted by molar-refractivity contribution is -0.268. The Hall–Kier alpha value is -1.11. The number of hydrogen-bond acceptors (Lipinski definition) is 18. The maximum atomic E-state index is 13.8. The van der Waals surface area contributed by atoms with E-state index in [4.69, 9.17) is 9.84 Å². The average molecular weight is 728 g/mol. The highest BCUT2D eigenvalue weighted by Gasteiger charge is 2.51. The first-order chi connectivity index (χ1) is 20.1. The van der Waals surface area contributed by atoms with Crippen molar-refractivity contribution in [2.45, 2.75) is 55.3 Å². The van der Waals surface area contributed by atoms with E-state index in [1.807, 2.05) is 4.98 Å². The number of aliphatic hydroxyl groups is 5. The van der Waals surface area contributed by atoms with Gasteiger partial charge in [-0.3, -0.25) is 23.4 Å². The zero-order chi connectivity index (χ0) is 33.4. The van der Waals surface area contributed by atoms with Crippen molar-refractivity contribution in [2.24, 2.45) is 0 Å². The van der Waals surface area contributed by atoms with E-state index in [1.165, 1.54) is 0 Å². The summed E-state index contributed by atoms with van der Waals surface area (Å²) in [5.41, 5.74) is -1.90. The summed E-state index contributed by atoms with van der Waals surface area (Å²) in [4.78, 5) is 63.6. The molecule has 13 atom stereocenters. The van der Waals surface area contributed by atoms with Crippen LogP contribution in [0.2, 0.25) is 0 Å². The average Bonchev–Trinajstić information content (AvgIpc) is 3.14. The van der Waals surface area contributed by atoms with E-state index >= 15 is 0 Å². The third-order valence-corrected chi connectivity index (χ3v) is 11.4. The number of phosphoric acid groups is 4. The van der Waals surface area contributed by atoms with Crippen LogP contribution >= 0.6 is 31.3 Å². The van der Waals surface area contributed by atoms with E-state index < -0.39 is 111 Å². The molecule has 0 aromatic carbocycles. The third-order valence-electron chi connectivity index (χ3n) is 5.52. The number of nitrogens with zero attached hydrogens (tertiary/aromatic N) is 1. The van der Waals surface area contributed by atoms with Gasteiger partial charge >= 0.3 is 37.0 Å². The Kier molecular flexibility index (Phi) is 11.8. The maximum absolute atomic E-state index is 13.8. The van der Waals surface area contributed by atoms with Gasteiger partial charge in [0.1, 0.15) is 36.6 Å². The van der Waals surface area contributed by atoms with Crippen LogP contribution in [0.5, 0.6) is 0 Å². The number of halogens is 1. The van der Waals surface area contributed by atoms with Crippen LogP contribution in [0.15, 0.2) is 21.9 Å². The molecule has 0 radical (unpaired) electrons. The van der Waals surface area contributed by atoms with E-state index in [0.29, 0.717) is 4.57 Å². The van der Waals surface area contributed by atoms with Crippen molar-refractivity contribution in [1.82, 2.24) is 9.55 Å². The lowest BCUT2D eigenvalue weighted by atomic mass is 10.0. The summed E-state index contributed by atoms with van der Waals surface area (Å²) in [6.07, 6.45) is -17.9. The zero-order valence-corrected chi connectivity index (χ0v) is 24.8. The Morgan fingerprint density at radius 3 is 1.95 bits per heavy atom. The SMILES string of the molecule is O=c1ccn([C@@H]2O[C@H](COP(=O)(O)OP(=O)(O)OP(=O)(O)OP(=O)(O)O[C@H]3O[C@H](CO)[C@@H](F)[C@H](O)[C@H]3O)[C@@H](O)[C@H]2O)c(=O)[nH]1. The first-order valence-corrected chi connectivity index (χ1v) is 17.4. The van der Waals surface area contributed by atoms with E-state index in [-0.39, 0.29) is 0 Å². The van der Waals surface area contributed by atoms with Gasteiger partial charge in [0, 0.05) is 12.3 Å². The van der Waals surface area contributed by atoms with Crippen LogP contribution in [0.25, 0.3) is 0 Å². The normalized spacial score (nSPS) is 36.5. The van der Waals surface area contributed by atoms with Gasteiger partial charge in [0.25, 0.3) is 5.56 Å². The molecule has 3 rings (SSSR count). The van der Waals surface area contributed by atoms with Gasteiger partial charge in [-0.05, 0) is 0 Å². The Labute approximate surface area is 242 Å². The highest BCUT2D eigenvalue weighted by molar-refractivity contribution is 7.69. The van der Waals surface area contributed by atoms with Gasteiger partial charge in [-0.25, -0.2) is 27.4 Å². The molecule has 2 fully saturated rings. The molecule has 10 N–H and O–H groups in total. The number of aromatic amines is 1. The second kappa shape index (κ2) is 13.9. The van der Waals surface area contributed by atoms with Crippen molar-refractivity contribution < 1.29 is 99.2 Å². The van der Waals surface area contributed by atoms with Crippen molar-refractivity contribution in [3.05, 3.63) is 33.1 Å². The number of H-pyrrole nitrogens is 1. The fourth-order valence-corrected chi connectivity index (χ4v) is 8.63. The van der Waals surface area contributed by atoms with E-state index in [2.05, 4.69) is 26.7 Å². The molecule has 0 amide bonds. The van der Waals surface area contributed by atoms with E-state index in [9.17, 15) is 72.2 Å². The molecule has 0 spiro atoms. The molecule has 1 aromatic rings. The van der Waals surface area contributed by atoms with Crippen molar-refractivity contribution in [1.29, 1.82) is 0 Å². The fourth-order valence-electron chi connectivity index (χ4n) is 3.62. The minimum Gasteiger partial charge on any atom is -0.394 e. The Morgan fingerprint density at radius 1 is 0.818 bits per heavy atom. The van der Waals surface area contributed by atoms with Crippen molar-refractivity contribution >= 4 is 31.3 Å². The summed E-state index contributed by atoms with van der Waals surface area (Å²) in [6.45, 7) is -2.36. The van der Waals surface area contributed by atoms with Crippen LogP contribution in [0.3, 0.4) is 0 Å². The summed E-state index contributed by atoms with van der Waals surface area (Å²) < 4.78 is 92.1. The Balaban J connectivity index is 1.59. The van der Waals surface area contributed by atoms with Crippen LogP contribution in [0.4, 0.5) is 4.39 Å². The summed E-state index contributed by atoms with van der Waals surface area (Å²) in [6, 6.07) is 0.860. The van der Waals surface area contributed by atoms with Gasteiger partial charge < -0.3 is 54.6 Å². The van der Waals surface area contributed by atoms with E-state index in [1.54, 1.807) is 0 Å².